The fourth-order valence-corrected chi connectivity index (χ4v) is 5.27. The number of hydrogen-bond donors (Lipinski definition) is 1. The van der Waals surface area contributed by atoms with Gasteiger partial charge in [0.25, 0.3) is 0 Å². The van der Waals surface area contributed by atoms with Crippen LogP contribution in [0.5, 0.6) is 11.5 Å². The van der Waals surface area contributed by atoms with E-state index in [2.05, 4.69) is 5.32 Å². The highest BCUT2D eigenvalue weighted by molar-refractivity contribution is 7.89. The molecule has 33 heavy (non-hydrogen) atoms. The number of sulfonamides is 1. The largest absolute Gasteiger partial charge is 0.497 e. The highest BCUT2D eigenvalue weighted by Crippen LogP contribution is 2.31. The first-order chi connectivity index (χ1) is 15.7. The Bertz CT molecular complexity index is 1110. The number of nitrogens with one attached hydrogen (secondary N) is 1. The maximum Gasteiger partial charge on any atom is 0.243 e. The number of benzene rings is 2. The van der Waals surface area contributed by atoms with E-state index in [1.54, 1.807) is 50.1 Å². The molecule has 3 rings (SSSR count). The SMILES string of the molecule is CCN(CC)S(=O)(=O)c1ccc(OC)c(NC(=O)C2CC(=O)N(c3ccc(OC)cc3)C2)c1. The van der Waals surface area contributed by atoms with Gasteiger partial charge in [-0.05, 0) is 42.5 Å². The quantitative estimate of drug-likeness (QED) is 0.598. The van der Waals surface area contributed by atoms with Gasteiger partial charge >= 0.3 is 0 Å². The summed E-state index contributed by atoms with van der Waals surface area (Å²) in [4.78, 5) is 27.2. The molecule has 0 aromatic heterocycles. The van der Waals surface area contributed by atoms with Crippen LogP contribution in [0.3, 0.4) is 0 Å². The zero-order valence-corrected chi connectivity index (χ0v) is 20.0. The van der Waals surface area contributed by atoms with E-state index in [0.717, 1.165) is 0 Å². The second-order valence-corrected chi connectivity index (χ2v) is 9.48. The molecule has 1 fully saturated rings. The van der Waals surface area contributed by atoms with E-state index in [4.69, 9.17) is 9.47 Å². The van der Waals surface area contributed by atoms with Crippen molar-refractivity contribution in [3.8, 4) is 11.5 Å². The van der Waals surface area contributed by atoms with E-state index in [0.29, 0.717) is 30.3 Å². The minimum Gasteiger partial charge on any atom is -0.497 e. The van der Waals surface area contributed by atoms with Crippen LogP contribution in [0, 0.1) is 5.92 Å². The first-order valence-corrected chi connectivity index (χ1v) is 12.1. The Kier molecular flexibility index (Phi) is 7.60. The first kappa shape index (κ1) is 24.5. The number of methoxy groups -OCH3 is 2. The normalized spacial score (nSPS) is 16.2. The number of rotatable bonds is 9. The minimum absolute atomic E-state index is 0.0532. The summed E-state index contributed by atoms with van der Waals surface area (Å²) in [5.41, 5.74) is 0.923. The van der Waals surface area contributed by atoms with Crippen molar-refractivity contribution in [2.45, 2.75) is 25.2 Å². The van der Waals surface area contributed by atoms with Crippen molar-refractivity contribution in [3.05, 3.63) is 42.5 Å². The molecule has 1 unspecified atom stereocenters. The second kappa shape index (κ2) is 10.2. The lowest BCUT2D eigenvalue weighted by atomic mass is 10.1. The van der Waals surface area contributed by atoms with E-state index >= 15 is 0 Å². The molecule has 1 aliphatic rings. The summed E-state index contributed by atoms with van der Waals surface area (Å²) in [6.07, 6.45) is 0.0532. The molecule has 0 radical (unpaired) electrons. The Morgan fingerprint density at radius 1 is 1.09 bits per heavy atom. The molecule has 9 nitrogen and oxygen atoms in total. The molecule has 1 atom stereocenters. The monoisotopic (exact) mass is 475 g/mol. The van der Waals surface area contributed by atoms with Crippen LogP contribution < -0.4 is 19.7 Å². The zero-order chi connectivity index (χ0) is 24.2. The van der Waals surface area contributed by atoms with Crippen LogP contribution in [0.15, 0.2) is 47.4 Å². The summed E-state index contributed by atoms with van der Waals surface area (Å²) >= 11 is 0. The van der Waals surface area contributed by atoms with Gasteiger partial charge in [0, 0.05) is 31.7 Å². The second-order valence-electron chi connectivity index (χ2n) is 7.54. The third-order valence-electron chi connectivity index (χ3n) is 5.65. The molecule has 1 heterocycles. The Labute approximate surface area is 194 Å². The van der Waals surface area contributed by atoms with E-state index in [9.17, 15) is 18.0 Å². The predicted molar refractivity (Wildman–Crippen MR) is 125 cm³/mol. The molecule has 2 aromatic rings. The number of amides is 2. The van der Waals surface area contributed by atoms with Crippen molar-refractivity contribution in [2.24, 2.45) is 5.92 Å². The van der Waals surface area contributed by atoms with Crippen molar-refractivity contribution in [2.75, 3.05) is 44.1 Å². The summed E-state index contributed by atoms with van der Waals surface area (Å²) in [5, 5.41) is 2.76. The average molecular weight is 476 g/mol. The summed E-state index contributed by atoms with van der Waals surface area (Å²) in [6.45, 7) is 4.41. The van der Waals surface area contributed by atoms with Crippen LogP contribution in [0.25, 0.3) is 0 Å². The van der Waals surface area contributed by atoms with Gasteiger partial charge in [-0.2, -0.15) is 4.31 Å². The maximum atomic E-state index is 13.0. The molecule has 0 aliphatic carbocycles. The van der Waals surface area contributed by atoms with Gasteiger partial charge in [0.15, 0.2) is 0 Å². The van der Waals surface area contributed by atoms with Gasteiger partial charge in [-0.3, -0.25) is 9.59 Å². The van der Waals surface area contributed by atoms with E-state index in [1.165, 1.54) is 29.6 Å². The van der Waals surface area contributed by atoms with Crippen LogP contribution in [0.4, 0.5) is 11.4 Å². The number of nitrogens with zero attached hydrogens (tertiary/aromatic N) is 2. The fraction of sp³-hybridized carbons (Fsp3) is 0.391. The first-order valence-electron chi connectivity index (χ1n) is 10.7. The lowest BCUT2D eigenvalue weighted by Gasteiger charge is -2.20. The van der Waals surface area contributed by atoms with Crippen molar-refractivity contribution in [3.63, 3.8) is 0 Å². The number of carbonyl (C=O) groups is 2. The third-order valence-corrected chi connectivity index (χ3v) is 7.70. The third kappa shape index (κ3) is 5.12. The summed E-state index contributed by atoms with van der Waals surface area (Å²) in [7, 11) is -0.708. The molecule has 178 valence electrons. The van der Waals surface area contributed by atoms with Crippen LogP contribution in [0.1, 0.15) is 20.3 Å². The number of hydrogen-bond acceptors (Lipinski definition) is 6. The summed E-state index contributed by atoms with van der Waals surface area (Å²) in [6, 6.07) is 11.4. The van der Waals surface area contributed by atoms with E-state index in [1.807, 2.05) is 0 Å². The topological polar surface area (TPSA) is 105 Å². The van der Waals surface area contributed by atoms with Gasteiger partial charge in [0.05, 0.1) is 30.7 Å². The standard InChI is InChI=1S/C23H29N3O6S/c1-5-25(6-2)33(29,30)19-11-12-21(32-4)20(14-19)24-23(28)16-13-22(27)26(15-16)17-7-9-18(31-3)10-8-17/h7-12,14,16H,5-6,13,15H2,1-4H3,(H,24,28). The van der Waals surface area contributed by atoms with E-state index < -0.39 is 15.9 Å². The molecule has 2 amide bonds. The number of carbonyl (C=O) groups excluding carboxylic acids is 2. The molecule has 0 bridgehead atoms. The molecule has 2 aromatic carbocycles. The minimum atomic E-state index is -3.71. The van der Waals surface area contributed by atoms with Crippen molar-refractivity contribution in [1.29, 1.82) is 0 Å². The van der Waals surface area contributed by atoms with Gasteiger partial charge in [-0.1, -0.05) is 13.8 Å². The Balaban J connectivity index is 1.80. The Hall–Kier alpha value is -3.11. The Morgan fingerprint density at radius 3 is 2.33 bits per heavy atom. The lowest BCUT2D eigenvalue weighted by Crippen LogP contribution is -2.31. The number of ether oxygens (including phenoxy) is 2. The van der Waals surface area contributed by atoms with Gasteiger partial charge in [-0.15, -0.1) is 0 Å². The lowest BCUT2D eigenvalue weighted by molar-refractivity contribution is -0.122. The maximum absolute atomic E-state index is 13.0. The molecule has 0 spiro atoms. The van der Waals surface area contributed by atoms with Gasteiger partial charge in [-0.25, -0.2) is 8.42 Å². The number of anilines is 2. The highest BCUT2D eigenvalue weighted by Gasteiger charge is 2.35. The molecule has 1 aliphatic heterocycles. The van der Waals surface area contributed by atoms with Gasteiger partial charge < -0.3 is 19.7 Å². The Morgan fingerprint density at radius 2 is 1.76 bits per heavy atom. The molecule has 0 saturated carbocycles. The van der Waals surface area contributed by atoms with E-state index in [-0.39, 0.29) is 35.4 Å². The predicted octanol–water partition coefficient (Wildman–Crippen LogP) is 2.73. The van der Waals surface area contributed by atoms with Crippen LogP contribution in [-0.2, 0) is 19.6 Å². The molecular formula is C23H29N3O6S. The van der Waals surface area contributed by atoms with Crippen LogP contribution in [0.2, 0.25) is 0 Å². The van der Waals surface area contributed by atoms with Crippen molar-refractivity contribution >= 4 is 33.2 Å². The summed E-state index contributed by atoms with van der Waals surface area (Å²) < 4.78 is 37.6. The van der Waals surface area contributed by atoms with Crippen molar-refractivity contribution < 1.29 is 27.5 Å². The average Bonchev–Trinajstić information content (AvgIpc) is 3.21. The molecule has 10 heteroatoms. The molecule has 1 saturated heterocycles. The van der Waals surface area contributed by atoms with Crippen LogP contribution >= 0.6 is 0 Å². The smallest absolute Gasteiger partial charge is 0.243 e. The van der Waals surface area contributed by atoms with Crippen molar-refractivity contribution in [1.82, 2.24) is 4.31 Å². The van der Waals surface area contributed by atoms with Crippen LogP contribution in [-0.4, -0.2) is 58.4 Å². The molecular weight excluding hydrogens is 446 g/mol. The zero-order valence-electron chi connectivity index (χ0n) is 19.2. The van der Waals surface area contributed by atoms with Gasteiger partial charge in [0.1, 0.15) is 11.5 Å². The summed E-state index contributed by atoms with van der Waals surface area (Å²) in [5.74, 6) is -0.128. The van der Waals surface area contributed by atoms with Gasteiger partial charge in [0.2, 0.25) is 21.8 Å². The fourth-order valence-electron chi connectivity index (χ4n) is 3.79. The molecule has 1 N–H and O–H groups in total. The highest BCUT2D eigenvalue weighted by atomic mass is 32.2.